The second-order valence-electron chi connectivity index (χ2n) is 5.90. The number of nitrogens with one attached hydrogen (secondary N) is 1. The van der Waals surface area contributed by atoms with Gasteiger partial charge < -0.3 is 14.6 Å². The van der Waals surface area contributed by atoms with Gasteiger partial charge in [-0.25, -0.2) is 0 Å². The second-order valence-corrected chi connectivity index (χ2v) is 5.90. The molecule has 1 aromatic carbocycles. The smallest absolute Gasteiger partial charge is 0.391 e. The first-order valence-electron chi connectivity index (χ1n) is 7.77. The number of benzene rings is 1. The number of halogens is 3. The van der Waals surface area contributed by atoms with Gasteiger partial charge in [0.05, 0.1) is 13.0 Å². The molecule has 2 atom stereocenters. The average molecular weight is 341 g/mol. The Balaban J connectivity index is 1.67. The first-order valence-corrected chi connectivity index (χ1v) is 7.77. The van der Waals surface area contributed by atoms with E-state index in [4.69, 9.17) is 9.26 Å². The molecule has 1 heterocycles. The van der Waals surface area contributed by atoms with Gasteiger partial charge in [-0.1, -0.05) is 23.7 Å². The van der Waals surface area contributed by atoms with Crippen LogP contribution in [-0.4, -0.2) is 29.5 Å². The van der Waals surface area contributed by atoms with Gasteiger partial charge in [0.25, 0.3) is 0 Å². The summed E-state index contributed by atoms with van der Waals surface area (Å²) in [7, 11) is 1.56. The lowest BCUT2D eigenvalue weighted by Crippen LogP contribution is -2.34. The summed E-state index contributed by atoms with van der Waals surface area (Å²) in [6.45, 7) is 0. The van der Waals surface area contributed by atoms with Gasteiger partial charge in [-0.15, -0.1) is 0 Å². The van der Waals surface area contributed by atoms with E-state index in [-0.39, 0.29) is 24.9 Å². The van der Waals surface area contributed by atoms with Crippen molar-refractivity contribution in [1.29, 1.82) is 0 Å². The van der Waals surface area contributed by atoms with E-state index >= 15 is 0 Å². The molecule has 2 aromatic rings. The molecule has 8 heteroatoms. The molecule has 3 rings (SSSR count). The summed E-state index contributed by atoms with van der Waals surface area (Å²) >= 11 is 0. The van der Waals surface area contributed by atoms with E-state index in [2.05, 4.69) is 15.5 Å². The molecule has 5 nitrogen and oxygen atoms in total. The van der Waals surface area contributed by atoms with Crippen LogP contribution >= 0.6 is 0 Å². The number of ether oxygens (including phenoxy) is 1. The van der Waals surface area contributed by atoms with Crippen LogP contribution in [0.25, 0.3) is 11.4 Å². The maximum Gasteiger partial charge on any atom is 0.391 e. The SMILES string of the molecule is COc1cccc(-c2noc(NC3CCCC(C(F)(F)F)C3)n2)c1. The van der Waals surface area contributed by atoms with Gasteiger partial charge in [-0.2, -0.15) is 18.2 Å². The molecular weight excluding hydrogens is 323 g/mol. The fraction of sp³-hybridized carbons (Fsp3) is 0.500. The van der Waals surface area contributed by atoms with Crippen LogP contribution in [0.2, 0.25) is 0 Å². The van der Waals surface area contributed by atoms with Crippen LogP contribution in [0.1, 0.15) is 25.7 Å². The number of anilines is 1. The van der Waals surface area contributed by atoms with Crippen LogP contribution < -0.4 is 10.1 Å². The van der Waals surface area contributed by atoms with Crippen molar-refractivity contribution in [2.75, 3.05) is 12.4 Å². The molecule has 1 aliphatic rings. The number of methoxy groups -OCH3 is 1. The Morgan fingerprint density at radius 1 is 1.29 bits per heavy atom. The Bertz CT molecular complexity index is 687. The van der Waals surface area contributed by atoms with Gasteiger partial charge in [-0.3, -0.25) is 0 Å². The van der Waals surface area contributed by atoms with Crippen LogP contribution in [0.15, 0.2) is 28.8 Å². The normalized spacial score (nSPS) is 21.5. The van der Waals surface area contributed by atoms with Crippen LogP contribution in [0, 0.1) is 5.92 Å². The highest BCUT2D eigenvalue weighted by molar-refractivity contribution is 5.57. The topological polar surface area (TPSA) is 60.2 Å². The quantitative estimate of drug-likeness (QED) is 0.899. The van der Waals surface area contributed by atoms with Crippen molar-refractivity contribution in [3.63, 3.8) is 0 Å². The standard InChI is InChI=1S/C16H18F3N3O2/c1-23-13-7-2-4-10(8-13)14-21-15(24-22-14)20-12-6-3-5-11(9-12)16(17,18)19/h2,4,7-8,11-12H,3,5-6,9H2,1H3,(H,20,21,22). The molecule has 1 N–H and O–H groups in total. The molecule has 0 aliphatic heterocycles. The van der Waals surface area contributed by atoms with Crippen molar-refractivity contribution in [2.24, 2.45) is 5.92 Å². The fourth-order valence-corrected chi connectivity index (χ4v) is 2.95. The maximum atomic E-state index is 12.9. The van der Waals surface area contributed by atoms with Gasteiger partial charge in [0.1, 0.15) is 5.75 Å². The molecule has 0 saturated heterocycles. The Kier molecular flexibility index (Phi) is 4.64. The Labute approximate surface area is 137 Å². The summed E-state index contributed by atoms with van der Waals surface area (Å²) in [5.74, 6) is -0.254. The highest BCUT2D eigenvalue weighted by atomic mass is 19.4. The molecule has 1 fully saturated rings. The predicted molar refractivity (Wildman–Crippen MR) is 81.7 cm³/mol. The van der Waals surface area contributed by atoms with E-state index < -0.39 is 12.1 Å². The van der Waals surface area contributed by atoms with Crippen molar-refractivity contribution in [3.8, 4) is 17.1 Å². The van der Waals surface area contributed by atoms with Crippen LogP contribution in [0.3, 0.4) is 0 Å². The minimum Gasteiger partial charge on any atom is -0.497 e. The first kappa shape index (κ1) is 16.6. The van der Waals surface area contributed by atoms with Crippen LogP contribution in [0.5, 0.6) is 5.75 Å². The number of hydrogen-bond donors (Lipinski definition) is 1. The van der Waals surface area contributed by atoms with Crippen molar-refractivity contribution in [2.45, 2.75) is 37.9 Å². The molecule has 1 saturated carbocycles. The lowest BCUT2D eigenvalue weighted by atomic mass is 9.85. The van der Waals surface area contributed by atoms with Crippen LogP contribution in [0.4, 0.5) is 19.2 Å². The first-order chi connectivity index (χ1) is 11.5. The van der Waals surface area contributed by atoms with E-state index in [0.717, 1.165) is 0 Å². The fourth-order valence-electron chi connectivity index (χ4n) is 2.95. The average Bonchev–Trinajstić information content (AvgIpc) is 3.03. The monoisotopic (exact) mass is 341 g/mol. The van der Waals surface area contributed by atoms with E-state index in [1.165, 1.54) is 0 Å². The molecule has 0 bridgehead atoms. The molecule has 1 aliphatic carbocycles. The summed E-state index contributed by atoms with van der Waals surface area (Å²) in [6, 6.07) is 6.98. The van der Waals surface area contributed by atoms with Crippen molar-refractivity contribution < 1.29 is 22.4 Å². The van der Waals surface area contributed by atoms with Crippen molar-refractivity contribution in [1.82, 2.24) is 10.1 Å². The number of aromatic nitrogens is 2. The molecule has 130 valence electrons. The minimum absolute atomic E-state index is 0.0281. The third kappa shape index (κ3) is 3.80. The Morgan fingerprint density at radius 2 is 2.12 bits per heavy atom. The predicted octanol–water partition coefficient (Wildman–Crippen LogP) is 4.28. The number of nitrogens with zero attached hydrogens (tertiary/aromatic N) is 2. The summed E-state index contributed by atoms with van der Waals surface area (Å²) < 4.78 is 48.8. The number of hydrogen-bond acceptors (Lipinski definition) is 5. The highest BCUT2D eigenvalue weighted by Gasteiger charge is 2.42. The van der Waals surface area contributed by atoms with E-state index in [1.54, 1.807) is 31.4 Å². The zero-order valence-electron chi connectivity index (χ0n) is 13.1. The molecule has 0 spiro atoms. The zero-order chi connectivity index (χ0) is 17.2. The lowest BCUT2D eigenvalue weighted by molar-refractivity contribution is -0.182. The van der Waals surface area contributed by atoms with E-state index in [1.807, 2.05) is 0 Å². The largest absolute Gasteiger partial charge is 0.497 e. The molecule has 2 unspecified atom stereocenters. The summed E-state index contributed by atoms with van der Waals surface area (Å²) in [5, 5.41) is 6.80. The lowest BCUT2D eigenvalue weighted by Gasteiger charge is -2.30. The zero-order valence-corrected chi connectivity index (χ0v) is 13.1. The molecule has 0 amide bonds. The summed E-state index contributed by atoms with van der Waals surface area (Å²) in [4.78, 5) is 4.21. The number of rotatable bonds is 4. The second kappa shape index (κ2) is 6.70. The maximum absolute atomic E-state index is 12.9. The third-order valence-electron chi connectivity index (χ3n) is 4.22. The van der Waals surface area contributed by atoms with Gasteiger partial charge in [0, 0.05) is 11.6 Å². The van der Waals surface area contributed by atoms with E-state index in [9.17, 15) is 13.2 Å². The summed E-state index contributed by atoms with van der Waals surface area (Å²) in [6.07, 6.45) is -2.76. The Morgan fingerprint density at radius 3 is 2.88 bits per heavy atom. The minimum atomic E-state index is -4.15. The molecule has 0 radical (unpaired) electrons. The van der Waals surface area contributed by atoms with E-state index in [0.29, 0.717) is 30.0 Å². The van der Waals surface area contributed by atoms with Gasteiger partial charge >= 0.3 is 12.2 Å². The Hall–Kier alpha value is -2.25. The van der Waals surface area contributed by atoms with Gasteiger partial charge in [-0.05, 0) is 31.4 Å². The highest BCUT2D eigenvalue weighted by Crippen LogP contribution is 2.38. The third-order valence-corrected chi connectivity index (χ3v) is 4.22. The molecular formula is C16H18F3N3O2. The van der Waals surface area contributed by atoms with Crippen molar-refractivity contribution >= 4 is 6.01 Å². The molecule has 1 aromatic heterocycles. The van der Waals surface area contributed by atoms with Gasteiger partial charge in [0.2, 0.25) is 5.82 Å². The van der Waals surface area contributed by atoms with Gasteiger partial charge in [0.15, 0.2) is 0 Å². The van der Waals surface area contributed by atoms with Crippen LogP contribution in [-0.2, 0) is 0 Å². The molecule has 24 heavy (non-hydrogen) atoms. The summed E-state index contributed by atoms with van der Waals surface area (Å²) in [5.41, 5.74) is 0.711. The number of alkyl halides is 3. The van der Waals surface area contributed by atoms with Crippen molar-refractivity contribution in [3.05, 3.63) is 24.3 Å².